The smallest absolute Gasteiger partial charge is 0.459 e. The number of benzene rings is 1. The van der Waals surface area contributed by atoms with E-state index in [1.165, 1.54) is 12.1 Å². The topological polar surface area (TPSA) is 227 Å². The fraction of sp³-hybridized carbons (Fsp3) is 0.542. The van der Waals surface area contributed by atoms with Crippen molar-refractivity contribution >= 4 is 13.7 Å². The molecule has 1 aromatic heterocycles. The second-order valence-electron chi connectivity index (χ2n) is 9.57. The van der Waals surface area contributed by atoms with E-state index in [2.05, 4.69) is 15.1 Å². The number of aromatic amines is 1. The third kappa shape index (κ3) is 6.88. The van der Waals surface area contributed by atoms with Crippen molar-refractivity contribution in [1.29, 1.82) is 0 Å². The molecule has 4 rings (SSSR count). The first kappa shape index (κ1) is 30.5. The third-order valence-electron chi connectivity index (χ3n) is 6.86. The molecule has 1 saturated heterocycles. The first-order valence-electron chi connectivity index (χ1n) is 13.0. The first-order chi connectivity index (χ1) is 19.6. The summed E-state index contributed by atoms with van der Waals surface area (Å²) in [4.78, 5) is 41.4. The van der Waals surface area contributed by atoms with Gasteiger partial charge in [0.05, 0.1) is 13.2 Å². The lowest BCUT2D eigenvalue weighted by atomic mass is 9.99. The first-order valence-corrected chi connectivity index (χ1v) is 14.5. The van der Waals surface area contributed by atoms with E-state index in [9.17, 15) is 34.7 Å². The number of nitrogens with one attached hydrogen (secondary N) is 2. The summed E-state index contributed by atoms with van der Waals surface area (Å²) in [5.41, 5.74) is 5.17. The highest BCUT2D eigenvalue weighted by Gasteiger charge is 2.56. The van der Waals surface area contributed by atoms with Gasteiger partial charge in [-0.25, -0.2) is 9.36 Å². The molecule has 4 N–H and O–H groups in total. The second-order valence-corrected chi connectivity index (χ2v) is 11.3. The number of aromatic nitrogens is 2. The van der Waals surface area contributed by atoms with Crippen LogP contribution in [0.3, 0.4) is 0 Å². The largest absolute Gasteiger partial charge is 0.465 e. The summed E-state index contributed by atoms with van der Waals surface area (Å²) in [6, 6.07) is 7.85. The molecule has 1 unspecified atom stereocenters. The van der Waals surface area contributed by atoms with E-state index in [1.54, 1.807) is 25.1 Å². The highest BCUT2D eigenvalue weighted by atomic mass is 31.2. The minimum atomic E-state index is -4.52. The number of H-pyrrole nitrogens is 1. The summed E-state index contributed by atoms with van der Waals surface area (Å²) in [6.07, 6.45) is -1.40. The second kappa shape index (κ2) is 13.0. The number of hydrogen-bond acceptors (Lipinski definition) is 11. The van der Waals surface area contributed by atoms with Gasteiger partial charge < -0.3 is 24.2 Å². The van der Waals surface area contributed by atoms with Gasteiger partial charge in [-0.1, -0.05) is 36.2 Å². The Hall–Kier alpha value is -3.49. The number of azide groups is 1. The van der Waals surface area contributed by atoms with Crippen LogP contribution in [0.4, 0.5) is 0 Å². The number of ether oxygens (including phenoxy) is 2. The molecule has 1 aliphatic heterocycles. The zero-order valence-corrected chi connectivity index (χ0v) is 23.0. The van der Waals surface area contributed by atoms with Gasteiger partial charge in [0.2, 0.25) is 5.72 Å². The van der Waals surface area contributed by atoms with Gasteiger partial charge in [-0.05, 0) is 43.3 Å². The Bertz CT molecular complexity index is 1420. The number of carbonyl (C=O) groups excluding carboxylic acids is 1. The molecule has 0 spiro atoms. The SMILES string of the molecule is CCOC(=O)[C@@H](NP(=O)(OC[C@@]1(N=[N+]=[N-])O[C@@H](n2ccc(=O)[nH]c2=O)[C@H](O)[C@@H]1O)Oc1ccccc1)C1CCCC1. The van der Waals surface area contributed by atoms with Crippen molar-refractivity contribution in [2.75, 3.05) is 13.2 Å². The molecule has 0 radical (unpaired) electrons. The molecule has 1 aromatic carbocycles. The van der Waals surface area contributed by atoms with Crippen molar-refractivity contribution in [2.24, 2.45) is 11.0 Å². The number of para-hydroxylation sites is 1. The summed E-state index contributed by atoms with van der Waals surface area (Å²) in [5.74, 6) is -0.779. The molecule has 2 fully saturated rings. The number of aliphatic hydroxyl groups excluding tert-OH is 2. The van der Waals surface area contributed by atoms with Gasteiger partial charge in [0.15, 0.2) is 6.23 Å². The van der Waals surface area contributed by atoms with Crippen molar-refractivity contribution in [3.8, 4) is 5.75 Å². The van der Waals surface area contributed by atoms with E-state index in [4.69, 9.17) is 18.5 Å². The van der Waals surface area contributed by atoms with Crippen LogP contribution in [0.25, 0.3) is 10.4 Å². The van der Waals surface area contributed by atoms with Crippen molar-refractivity contribution in [3.05, 3.63) is 73.9 Å². The maximum absolute atomic E-state index is 14.2. The predicted molar refractivity (Wildman–Crippen MR) is 141 cm³/mol. The van der Waals surface area contributed by atoms with Crippen LogP contribution in [0.2, 0.25) is 0 Å². The fourth-order valence-corrected chi connectivity index (χ4v) is 6.45. The third-order valence-corrected chi connectivity index (χ3v) is 8.38. The van der Waals surface area contributed by atoms with E-state index in [-0.39, 0.29) is 18.3 Å². The summed E-state index contributed by atoms with van der Waals surface area (Å²) < 4.78 is 37.2. The molecule has 41 heavy (non-hydrogen) atoms. The molecule has 2 aromatic rings. The highest BCUT2D eigenvalue weighted by molar-refractivity contribution is 7.52. The molecule has 0 amide bonds. The zero-order valence-electron chi connectivity index (χ0n) is 22.1. The van der Waals surface area contributed by atoms with E-state index in [0.717, 1.165) is 29.7 Å². The summed E-state index contributed by atoms with van der Waals surface area (Å²) in [5, 5.41) is 27.8. The lowest BCUT2D eigenvalue weighted by molar-refractivity contribution is -0.146. The maximum atomic E-state index is 14.2. The van der Waals surface area contributed by atoms with Gasteiger partial charge in [0, 0.05) is 17.2 Å². The molecule has 16 nitrogen and oxygen atoms in total. The molecule has 17 heteroatoms. The zero-order chi connectivity index (χ0) is 29.6. The molecule has 1 aliphatic carbocycles. The van der Waals surface area contributed by atoms with Gasteiger partial charge in [-0.3, -0.25) is 23.7 Å². The lowest BCUT2D eigenvalue weighted by Gasteiger charge is -2.31. The Kier molecular flexibility index (Phi) is 9.66. The molecule has 2 aliphatic rings. The monoisotopic (exact) mass is 594 g/mol. The van der Waals surface area contributed by atoms with Crippen LogP contribution in [-0.4, -0.2) is 62.9 Å². The number of nitrogens with zero attached hydrogens (tertiary/aromatic N) is 4. The minimum Gasteiger partial charge on any atom is -0.465 e. The Morgan fingerprint density at radius 2 is 2.00 bits per heavy atom. The van der Waals surface area contributed by atoms with Crippen molar-refractivity contribution in [2.45, 2.75) is 62.8 Å². The quantitative estimate of drug-likeness (QED) is 0.0909. The predicted octanol–water partition coefficient (Wildman–Crippen LogP) is 1.71. The van der Waals surface area contributed by atoms with Crippen molar-refractivity contribution < 1.29 is 38.1 Å². The van der Waals surface area contributed by atoms with Crippen LogP contribution >= 0.6 is 7.75 Å². The standard InChI is InChI=1S/C24H31N6O10P/c1-2-37-22(34)18(15-8-6-7-9-15)27-41(36,40-16-10-4-3-5-11-16)38-14-24(28-29-25)20(33)19(32)21(39-24)30-13-12-17(31)26-23(30)35/h3-5,10-13,15,18-21,32-33H,2,6-9,14H2,1H3,(H,27,36)(H,26,31,35)/t18-,19+,20-,21+,24+,41?/m0/s1. The maximum Gasteiger partial charge on any atom is 0.459 e. The van der Waals surface area contributed by atoms with Gasteiger partial charge in [-0.15, -0.1) is 0 Å². The van der Waals surface area contributed by atoms with Crippen molar-refractivity contribution in [3.63, 3.8) is 0 Å². The molecular formula is C24H31N6O10P. The average Bonchev–Trinajstić information content (AvgIpc) is 3.56. The Morgan fingerprint density at radius 1 is 1.29 bits per heavy atom. The van der Waals surface area contributed by atoms with E-state index < -0.39 is 61.8 Å². The Balaban J connectivity index is 1.65. The van der Waals surface area contributed by atoms with Crippen LogP contribution in [-0.2, 0) is 23.4 Å². The van der Waals surface area contributed by atoms with E-state index in [0.29, 0.717) is 12.8 Å². The Labute approximate surface area is 233 Å². The van der Waals surface area contributed by atoms with Gasteiger partial charge in [-0.2, -0.15) is 5.09 Å². The van der Waals surface area contributed by atoms with Gasteiger partial charge in [0.25, 0.3) is 5.56 Å². The normalized spacial score (nSPS) is 26.6. The van der Waals surface area contributed by atoms with Crippen LogP contribution in [0, 0.1) is 5.92 Å². The summed E-state index contributed by atoms with van der Waals surface area (Å²) in [6.45, 7) is 0.775. The fourth-order valence-electron chi connectivity index (χ4n) is 4.86. The van der Waals surface area contributed by atoms with Gasteiger partial charge in [0.1, 0.15) is 24.0 Å². The highest BCUT2D eigenvalue weighted by Crippen LogP contribution is 2.49. The number of carbonyl (C=O) groups is 1. The number of aliphatic hydroxyl groups is 2. The van der Waals surface area contributed by atoms with Gasteiger partial charge >= 0.3 is 19.4 Å². The molecule has 222 valence electrons. The number of rotatable bonds is 12. The molecule has 6 atom stereocenters. The van der Waals surface area contributed by atoms with Crippen LogP contribution in [0.5, 0.6) is 5.75 Å². The lowest BCUT2D eigenvalue weighted by Crippen LogP contribution is -2.47. The molecular weight excluding hydrogens is 563 g/mol. The molecule has 1 saturated carbocycles. The molecule has 2 heterocycles. The average molecular weight is 595 g/mol. The van der Waals surface area contributed by atoms with E-state index in [1.807, 2.05) is 4.98 Å². The van der Waals surface area contributed by atoms with Crippen LogP contribution in [0.1, 0.15) is 38.8 Å². The van der Waals surface area contributed by atoms with Crippen LogP contribution < -0.4 is 20.9 Å². The Morgan fingerprint density at radius 3 is 2.63 bits per heavy atom. The molecule has 0 bridgehead atoms. The minimum absolute atomic E-state index is 0.0812. The number of hydrogen-bond donors (Lipinski definition) is 4. The summed E-state index contributed by atoms with van der Waals surface area (Å²) in [7, 11) is -4.52. The van der Waals surface area contributed by atoms with Crippen molar-refractivity contribution in [1.82, 2.24) is 14.6 Å². The van der Waals surface area contributed by atoms with Crippen LogP contribution in [0.15, 0.2) is 57.3 Å². The number of esters is 1. The summed E-state index contributed by atoms with van der Waals surface area (Å²) >= 11 is 0. The van der Waals surface area contributed by atoms with E-state index >= 15 is 0 Å².